The van der Waals surface area contributed by atoms with Gasteiger partial charge in [-0.05, 0) is 25.5 Å². The number of hydrogen-bond acceptors (Lipinski definition) is 5. The number of ether oxygens (including phenoxy) is 1. The van der Waals surface area contributed by atoms with Crippen molar-refractivity contribution in [3.8, 4) is 11.8 Å². The minimum Gasteiger partial charge on any atom is -0.463 e. The van der Waals surface area contributed by atoms with E-state index in [1.807, 2.05) is 19.1 Å². The summed E-state index contributed by atoms with van der Waals surface area (Å²) in [7, 11) is 0. The van der Waals surface area contributed by atoms with Crippen molar-refractivity contribution in [2.24, 2.45) is 0 Å². The van der Waals surface area contributed by atoms with Crippen LogP contribution in [0.5, 0.6) is 0 Å². The van der Waals surface area contributed by atoms with Crippen molar-refractivity contribution < 1.29 is 18.7 Å². The summed E-state index contributed by atoms with van der Waals surface area (Å²) in [6, 6.07) is 7.21. The maximum Gasteiger partial charge on any atom is 0.331 e. The molecule has 1 atom stereocenters. The Labute approximate surface area is 140 Å². The molecular formula is C19H17NO4. The summed E-state index contributed by atoms with van der Waals surface area (Å²) in [6.07, 6.45) is 5.32. The third-order valence-corrected chi connectivity index (χ3v) is 3.22. The Morgan fingerprint density at radius 2 is 2.17 bits per heavy atom. The molecule has 0 aliphatic rings. The first-order valence-electron chi connectivity index (χ1n) is 7.50. The highest BCUT2D eigenvalue weighted by atomic mass is 16.5. The normalized spacial score (nSPS) is 11.6. The van der Waals surface area contributed by atoms with Gasteiger partial charge in [0.25, 0.3) is 0 Å². The lowest BCUT2D eigenvalue weighted by Gasteiger charge is -2.09. The van der Waals surface area contributed by atoms with Crippen molar-refractivity contribution in [2.75, 3.05) is 6.61 Å². The highest BCUT2D eigenvalue weighted by Gasteiger charge is 2.18. The monoisotopic (exact) mass is 323 g/mol. The van der Waals surface area contributed by atoms with E-state index < -0.39 is 5.97 Å². The number of nitrogens with zero attached hydrogens (tertiary/aromatic N) is 1. The molecule has 0 saturated carbocycles. The Hall–Kier alpha value is -3.13. The van der Waals surface area contributed by atoms with Gasteiger partial charge < -0.3 is 9.15 Å². The second kappa shape index (κ2) is 8.49. The van der Waals surface area contributed by atoms with Crippen LogP contribution in [0.3, 0.4) is 0 Å². The van der Waals surface area contributed by atoms with Crippen molar-refractivity contribution in [2.45, 2.75) is 19.8 Å². The van der Waals surface area contributed by atoms with Gasteiger partial charge in [-0.25, -0.2) is 9.78 Å². The lowest BCUT2D eigenvalue weighted by atomic mass is 9.93. The third-order valence-electron chi connectivity index (χ3n) is 3.22. The van der Waals surface area contributed by atoms with Crippen LogP contribution < -0.4 is 0 Å². The SMILES string of the molecule is CCOC(=O)/C=C\C#CC(C)c1ccccc1C(=O)c1cnco1. The van der Waals surface area contributed by atoms with Crippen molar-refractivity contribution in [3.05, 3.63) is 65.9 Å². The molecule has 1 unspecified atom stereocenters. The van der Waals surface area contributed by atoms with Gasteiger partial charge in [0.15, 0.2) is 12.2 Å². The van der Waals surface area contributed by atoms with Gasteiger partial charge in [0.1, 0.15) is 0 Å². The third kappa shape index (κ3) is 4.43. The molecule has 0 saturated heterocycles. The van der Waals surface area contributed by atoms with Gasteiger partial charge >= 0.3 is 5.97 Å². The highest BCUT2D eigenvalue weighted by molar-refractivity contribution is 6.08. The summed E-state index contributed by atoms with van der Waals surface area (Å²) >= 11 is 0. The predicted octanol–water partition coefficient (Wildman–Crippen LogP) is 3.13. The van der Waals surface area contributed by atoms with Crippen molar-refractivity contribution in [3.63, 3.8) is 0 Å². The van der Waals surface area contributed by atoms with Gasteiger partial charge in [0.2, 0.25) is 5.78 Å². The summed E-state index contributed by atoms with van der Waals surface area (Å²) in [4.78, 5) is 27.4. The van der Waals surface area contributed by atoms with Gasteiger partial charge in [0, 0.05) is 17.6 Å². The van der Waals surface area contributed by atoms with Crippen LogP contribution >= 0.6 is 0 Å². The van der Waals surface area contributed by atoms with Crippen LogP contribution in [0.4, 0.5) is 0 Å². The molecule has 0 radical (unpaired) electrons. The lowest BCUT2D eigenvalue weighted by Crippen LogP contribution is -2.06. The van der Waals surface area contributed by atoms with E-state index in [9.17, 15) is 9.59 Å². The van der Waals surface area contributed by atoms with Gasteiger partial charge in [-0.1, -0.05) is 36.1 Å². The van der Waals surface area contributed by atoms with E-state index in [1.54, 1.807) is 19.1 Å². The van der Waals surface area contributed by atoms with E-state index in [0.29, 0.717) is 12.2 Å². The number of ketones is 1. The summed E-state index contributed by atoms with van der Waals surface area (Å²) in [5.74, 6) is 5.11. The van der Waals surface area contributed by atoms with Crippen LogP contribution in [0.2, 0.25) is 0 Å². The number of rotatable bonds is 5. The number of benzene rings is 1. The van der Waals surface area contributed by atoms with Crippen LogP contribution in [-0.2, 0) is 9.53 Å². The molecule has 5 nitrogen and oxygen atoms in total. The minimum absolute atomic E-state index is 0.185. The van der Waals surface area contributed by atoms with E-state index in [2.05, 4.69) is 16.8 Å². The zero-order valence-corrected chi connectivity index (χ0v) is 13.5. The van der Waals surface area contributed by atoms with Crippen molar-refractivity contribution in [1.82, 2.24) is 4.98 Å². The maximum atomic E-state index is 12.5. The van der Waals surface area contributed by atoms with Crippen LogP contribution in [0.25, 0.3) is 0 Å². The number of oxazole rings is 1. The summed E-state index contributed by atoms with van der Waals surface area (Å²) in [6.45, 7) is 3.95. The molecule has 0 aliphatic carbocycles. The van der Waals surface area contributed by atoms with Crippen molar-refractivity contribution >= 4 is 11.8 Å². The van der Waals surface area contributed by atoms with E-state index >= 15 is 0 Å². The van der Waals surface area contributed by atoms with E-state index in [0.717, 1.165) is 5.56 Å². The molecule has 0 fully saturated rings. The second-order valence-electron chi connectivity index (χ2n) is 4.88. The zero-order chi connectivity index (χ0) is 17.4. The smallest absolute Gasteiger partial charge is 0.331 e. The molecule has 5 heteroatoms. The molecule has 24 heavy (non-hydrogen) atoms. The average Bonchev–Trinajstić information content (AvgIpc) is 3.13. The first-order valence-corrected chi connectivity index (χ1v) is 7.50. The fraction of sp³-hybridized carbons (Fsp3) is 0.211. The van der Waals surface area contributed by atoms with Crippen LogP contribution in [0.15, 0.2) is 53.4 Å². The van der Waals surface area contributed by atoms with E-state index in [-0.39, 0.29) is 17.5 Å². The van der Waals surface area contributed by atoms with Gasteiger partial charge in [-0.3, -0.25) is 4.79 Å². The maximum absolute atomic E-state index is 12.5. The standard InChI is InChI=1S/C19H17NO4/c1-3-23-18(21)11-7-4-8-14(2)15-9-5-6-10-16(15)19(22)17-12-20-13-24-17/h5-7,9-14H,3H2,1-2H3/b11-7-. The van der Waals surface area contributed by atoms with Crippen LogP contribution in [-0.4, -0.2) is 23.3 Å². The molecular weight excluding hydrogens is 306 g/mol. The Morgan fingerprint density at radius 1 is 1.38 bits per heavy atom. The molecule has 1 aromatic carbocycles. The highest BCUT2D eigenvalue weighted by Crippen LogP contribution is 2.22. The molecule has 0 aliphatic heterocycles. The van der Waals surface area contributed by atoms with Crippen LogP contribution in [0.1, 0.15) is 41.4 Å². The minimum atomic E-state index is -0.430. The van der Waals surface area contributed by atoms with Crippen molar-refractivity contribution in [1.29, 1.82) is 0 Å². The summed E-state index contributed by atoms with van der Waals surface area (Å²) < 4.78 is 9.84. The molecule has 2 aromatic rings. The molecule has 0 spiro atoms. The number of esters is 1. The molecule has 0 bridgehead atoms. The Morgan fingerprint density at radius 3 is 2.88 bits per heavy atom. The van der Waals surface area contributed by atoms with Gasteiger partial charge in [-0.15, -0.1) is 0 Å². The lowest BCUT2D eigenvalue weighted by molar-refractivity contribution is -0.137. The number of allylic oxidation sites excluding steroid dienone is 1. The fourth-order valence-corrected chi connectivity index (χ4v) is 2.09. The predicted molar refractivity (Wildman–Crippen MR) is 88.3 cm³/mol. The Kier molecular flexibility index (Phi) is 6.09. The number of aromatic nitrogens is 1. The fourth-order valence-electron chi connectivity index (χ4n) is 2.09. The Balaban J connectivity index is 2.18. The topological polar surface area (TPSA) is 69.4 Å². The van der Waals surface area contributed by atoms with Gasteiger partial charge in [-0.2, -0.15) is 0 Å². The molecule has 1 heterocycles. The molecule has 122 valence electrons. The summed E-state index contributed by atoms with van der Waals surface area (Å²) in [5.41, 5.74) is 1.31. The zero-order valence-electron chi connectivity index (χ0n) is 13.5. The second-order valence-corrected chi connectivity index (χ2v) is 4.88. The molecule has 1 aromatic heterocycles. The molecule has 0 N–H and O–H groups in total. The van der Waals surface area contributed by atoms with E-state index in [1.165, 1.54) is 24.7 Å². The average molecular weight is 323 g/mol. The molecule has 0 amide bonds. The summed E-state index contributed by atoms with van der Waals surface area (Å²) in [5, 5.41) is 0. The number of hydrogen-bond donors (Lipinski definition) is 0. The van der Waals surface area contributed by atoms with E-state index in [4.69, 9.17) is 9.15 Å². The van der Waals surface area contributed by atoms with Crippen LogP contribution in [0, 0.1) is 11.8 Å². The largest absolute Gasteiger partial charge is 0.463 e. The number of carbonyl (C=O) groups is 2. The van der Waals surface area contributed by atoms with Gasteiger partial charge in [0.05, 0.1) is 12.8 Å². The first-order chi connectivity index (χ1) is 11.6. The quantitative estimate of drug-likeness (QED) is 0.366. The Bertz CT molecular complexity index is 794. The molecule has 2 rings (SSSR count). The first kappa shape index (κ1) is 17.2. The number of carbonyl (C=O) groups excluding carboxylic acids is 2.